The minimum atomic E-state index is 0.321. The van der Waals surface area contributed by atoms with Gasteiger partial charge in [0.25, 0.3) is 0 Å². The zero-order valence-corrected chi connectivity index (χ0v) is 13.8. The van der Waals surface area contributed by atoms with Gasteiger partial charge in [-0.2, -0.15) is 0 Å². The fourth-order valence-corrected chi connectivity index (χ4v) is 6.36. The van der Waals surface area contributed by atoms with E-state index in [1.54, 1.807) is 7.11 Å². The van der Waals surface area contributed by atoms with Crippen LogP contribution in [0.3, 0.4) is 0 Å². The van der Waals surface area contributed by atoms with Crippen molar-refractivity contribution < 1.29 is 14.3 Å². The molecule has 0 saturated heterocycles. The molecule has 6 atom stereocenters. The SMILES string of the molecule is COCO[C@H]1CC[C@@]23C[C@@H]1C[C@@H]2C=C[C@H]1CC(=O)CC[C@@]13C. The number of carbonyl (C=O) groups is 1. The number of Topliss-reactive ketones (excluding diaryl/α,β-unsaturated/α-hetero) is 1. The van der Waals surface area contributed by atoms with Gasteiger partial charge in [0.15, 0.2) is 0 Å². The molecule has 3 nitrogen and oxygen atoms in total. The second kappa shape index (κ2) is 5.17. The minimum absolute atomic E-state index is 0.321. The molecule has 0 aromatic heterocycles. The van der Waals surface area contributed by atoms with Crippen LogP contribution < -0.4 is 0 Å². The lowest BCUT2D eigenvalue weighted by Crippen LogP contribution is -2.53. The van der Waals surface area contributed by atoms with E-state index >= 15 is 0 Å². The van der Waals surface area contributed by atoms with Gasteiger partial charge in [-0.15, -0.1) is 0 Å². The first-order valence-electron chi connectivity index (χ1n) is 8.90. The number of carbonyl (C=O) groups excluding carboxylic acids is 1. The molecule has 4 aliphatic rings. The summed E-state index contributed by atoms with van der Waals surface area (Å²) < 4.78 is 11.1. The Balaban J connectivity index is 1.62. The Morgan fingerprint density at radius 1 is 1.27 bits per heavy atom. The topological polar surface area (TPSA) is 35.5 Å². The standard InChI is InChI=1S/C19H28O3/c1-18-7-5-16(20)10-14(18)3-4-15-9-13-11-19(15,18)8-6-17(13)22-12-21-2/h3-4,13-15,17H,5-12H2,1-2H3/t13-,14-,15-,17-,18-,19+/m0/s1. The van der Waals surface area contributed by atoms with Gasteiger partial charge in [-0.1, -0.05) is 19.1 Å². The Morgan fingerprint density at radius 3 is 2.91 bits per heavy atom. The number of fused-ring (bicyclic) bond motifs is 2. The molecule has 0 aromatic carbocycles. The van der Waals surface area contributed by atoms with Crippen LogP contribution in [0.15, 0.2) is 12.2 Å². The van der Waals surface area contributed by atoms with Gasteiger partial charge in [-0.05, 0) is 60.7 Å². The zero-order valence-electron chi connectivity index (χ0n) is 13.8. The van der Waals surface area contributed by atoms with Crippen LogP contribution in [-0.2, 0) is 14.3 Å². The van der Waals surface area contributed by atoms with E-state index in [4.69, 9.17) is 9.47 Å². The predicted molar refractivity (Wildman–Crippen MR) is 84.2 cm³/mol. The molecule has 4 rings (SSSR count). The van der Waals surface area contributed by atoms with Gasteiger partial charge >= 0.3 is 0 Å². The number of methoxy groups -OCH3 is 1. The summed E-state index contributed by atoms with van der Waals surface area (Å²) in [7, 11) is 1.70. The van der Waals surface area contributed by atoms with Gasteiger partial charge in [-0.25, -0.2) is 0 Å². The monoisotopic (exact) mass is 304 g/mol. The third kappa shape index (κ3) is 1.91. The van der Waals surface area contributed by atoms with E-state index in [2.05, 4.69) is 19.1 Å². The van der Waals surface area contributed by atoms with E-state index in [0.717, 1.165) is 25.7 Å². The van der Waals surface area contributed by atoms with E-state index in [1.165, 1.54) is 19.3 Å². The summed E-state index contributed by atoms with van der Waals surface area (Å²) >= 11 is 0. The highest BCUT2D eigenvalue weighted by molar-refractivity contribution is 5.80. The van der Waals surface area contributed by atoms with Crippen molar-refractivity contribution in [2.24, 2.45) is 28.6 Å². The summed E-state index contributed by atoms with van der Waals surface area (Å²) in [4.78, 5) is 11.9. The van der Waals surface area contributed by atoms with E-state index in [0.29, 0.717) is 47.3 Å². The lowest BCUT2D eigenvalue weighted by molar-refractivity contribution is -0.140. The Bertz CT molecular complexity index is 499. The Hall–Kier alpha value is -0.670. The molecule has 22 heavy (non-hydrogen) atoms. The number of rotatable bonds is 3. The Kier molecular flexibility index (Phi) is 3.50. The average Bonchev–Trinajstić information content (AvgIpc) is 2.82. The van der Waals surface area contributed by atoms with Crippen molar-refractivity contribution in [3.63, 3.8) is 0 Å². The van der Waals surface area contributed by atoms with Crippen LogP contribution >= 0.6 is 0 Å². The lowest BCUT2D eigenvalue weighted by Gasteiger charge is -2.58. The highest BCUT2D eigenvalue weighted by Gasteiger charge is 2.64. The molecular weight excluding hydrogens is 276 g/mol. The lowest BCUT2D eigenvalue weighted by atomic mass is 9.45. The number of hydrogen-bond acceptors (Lipinski definition) is 3. The predicted octanol–water partition coefficient (Wildman–Crippen LogP) is 3.73. The van der Waals surface area contributed by atoms with Crippen molar-refractivity contribution in [2.45, 2.75) is 58.0 Å². The molecule has 0 radical (unpaired) electrons. The Labute approximate surface area is 133 Å². The third-order valence-corrected chi connectivity index (χ3v) is 7.60. The first kappa shape index (κ1) is 14.9. The van der Waals surface area contributed by atoms with Crippen LogP contribution in [-0.4, -0.2) is 25.8 Å². The van der Waals surface area contributed by atoms with Gasteiger partial charge in [0.05, 0.1) is 6.10 Å². The van der Waals surface area contributed by atoms with Crippen molar-refractivity contribution in [1.82, 2.24) is 0 Å². The zero-order chi connectivity index (χ0) is 15.4. The molecule has 122 valence electrons. The van der Waals surface area contributed by atoms with Crippen LogP contribution in [0.25, 0.3) is 0 Å². The summed E-state index contributed by atoms with van der Waals surface area (Å²) in [6.07, 6.45) is 12.9. The van der Waals surface area contributed by atoms with Gasteiger partial charge < -0.3 is 9.47 Å². The maximum atomic E-state index is 11.9. The molecule has 0 unspecified atom stereocenters. The number of ether oxygens (including phenoxy) is 2. The van der Waals surface area contributed by atoms with Gasteiger partial charge in [0.2, 0.25) is 0 Å². The van der Waals surface area contributed by atoms with Crippen LogP contribution in [0.4, 0.5) is 0 Å². The fourth-order valence-electron chi connectivity index (χ4n) is 6.36. The van der Waals surface area contributed by atoms with Crippen LogP contribution in [0.1, 0.15) is 51.9 Å². The molecule has 3 fully saturated rings. The molecule has 3 saturated carbocycles. The van der Waals surface area contributed by atoms with E-state index in [-0.39, 0.29) is 0 Å². The first-order valence-corrected chi connectivity index (χ1v) is 8.90. The second-order valence-electron chi connectivity index (χ2n) is 8.26. The molecule has 0 aliphatic heterocycles. The van der Waals surface area contributed by atoms with Crippen LogP contribution in [0, 0.1) is 28.6 Å². The normalized spacial score (nSPS) is 49.8. The average molecular weight is 304 g/mol. The molecule has 0 aromatic rings. The maximum Gasteiger partial charge on any atom is 0.146 e. The van der Waals surface area contributed by atoms with Crippen molar-refractivity contribution in [3.05, 3.63) is 12.2 Å². The highest BCUT2D eigenvalue weighted by Crippen LogP contribution is 2.70. The van der Waals surface area contributed by atoms with E-state index in [1.807, 2.05) is 0 Å². The van der Waals surface area contributed by atoms with Crippen LogP contribution in [0.2, 0.25) is 0 Å². The molecule has 0 N–H and O–H groups in total. The number of allylic oxidation sites excluding steroid dienone is 2. The summed E-state index contributed by atoms with van der Waals surface area (Å²) in [6.45, 7) is 2.91. The van der Waals surface area contributed by atoms with Crippen molar-refractivity contribution >= 4 is 5.78 Å². The molecule has 4 aliphatic carbocycles. The smallest absolute Gasteiger partial charge is 0.146 e. The molecule has 2 bridgehead atoms. The number of ketones is 1. The van der Waals surface area contributed by atoms with Gasteiger partial charge in [0, 0.05) is 20.0 Å². The molecule has 3 heteroatoms. The van der Waals surface area contributed by atoms with Crippen molar-refractivity contribution in [3.8, 4) is 0 Å². The molecule has 0 amide bonds. The van der Waals surface area contributed by atoms with Crippen LogP contribution in [0.5, 0.6) is 0 Å². The van der Waals surface area contributed by atoms with Crippen molar-refractivity contribution in [1.29, 1.82) is 0 Å². The summed E-state index contributed by atoms with van der Waals surface area (Å²) in [5.41, 5.74) is 0.742. The summed E-state index contributed by atoms with van der Waals surface area (Å²) in [6, 6.07) is 0. The van der Waals surface area contributed by atoms with E-state index < -0.39 is 0 Å². The second-order valence-corrected chi connectivity index (χ2v) is 8.26. The van der Waals surface area contributed by atoms with Crippen molar-refractivity contribution in [2.75, 3.05) is 13.9 Å². The molecule has 1 spiro atoms. The largest absolute Gasteiger partial charge is 0.359 e. The fraction of sp³-hybridized carbons (Fsp3) is 0.842. The Morgan fingerprint density at radius 2 is 2.09 bits per heavy atom. The summed E-state index contributed by atoms with van der Waals surface area (Å²) in [5.74, 6) is 2.31. The highest BCUT2D eigenvalue weighted by atomic mass is 16.7. The molecule has 0 heterocycles. The third-order valence-electron chi connectivity index (χ3n) is 7.60. The molecular formula is C19H28O3. The van der Waals surface area contributed by atoms with E-state index in [9.17, 15) is 4.79 Å². The first-order chi connectivity index (χ1) is 10.6. The minimum Gasteiger partial charge on any atom is -0.359 e. The quantitative estimate of drug-likeness (QED) is 0.589. The van der Waals surface area contributed by atoms with Gasteiger partial charge in [0.1, 0.15) is 12.6 Å². The summed E-state index contributed by atoms with van der Waals surface area (Å²) in [5, 5.41) is 0. The maximum absolute atomic E-state index is 11.9. The number of hydrogen-bond donors (Lipinski definition) is 0. The van der Waals surface area contributed by atoms with Gasteiger partial charge in [-0.3, -0.25) is 4.79 Å².